The summed E-state index contributed by atoms with van der Waals surface area (Å²) in [5.74, 6) is 0. The molecule has 0 nitrogen and oxygen atoms in total. The maximum absolute atomic E-state index is 2.71. The van der Waals surface area contributed by atoms with E-state index in [0.29, 0.717) is 0 Å². The van der Waals surface area contributed by atoms with Gasteiger partial charge in [-0.1, -0.05) is 0 Å². The van der Waals surface area contributed by atoms with Crippen molar-refractivity contribution in [3.8, 4) is 0 Å². The third-order valence-corrected chi connectivity index (χ3v) is 20.7. The van der Waals surface area contributed by atoms with E-state index in [9.17, 15) is 0 Å². The van der Waals surface area contributed by atoms with Crippen molar-refractivity contribution in [2.45, 2.75) is 102 Å². The summed E-state index contributed by atoms with van der Waals surface area (Å²) >= 11 is -1.26. The van der Waals surface area contributed by atoms with Crippen molar-refractivity contribution < 1.29 is 17.9 Å². The molecule has 0 radical (unpaired) electrons. The Labute approximate surface area is 190 Å². The van der Waals surface area contributed by atoms with Crippen LogP contribution in [0.2, 0.25) is 46.7 Å². The second-order valence-electron chi connectivity index (χ2n) is 12.1. The molecule has 0 saturated carbocycles. The van der Waals surface area contributed by atoms with Gasteiger partial charge in [-0.2, -0.15) is 0 Å². The normalized spacial score (nSPS) is 23.0. The molecule has 1 aliphatic carbocycles. The second-order valence-corrected chi connectivity index (χ2v) is 26.4. The first-order valence-electron chi connectivity index (χ1n) is 11.2. The quantitative estimate of drug-likeness (QED) is 0.403. The van der Waals surface area contributed by atoms with Gasteiger partial charge in [-0.05, 0) is 0 Å². The summed E-state index contributed by atoms with van der Waals surface area (Å²) in [5, 5.41) is 8.96. The minimum absolute atomic E-state index is 0.225. The number of benzene rings is 1. The molecular formula is C26H45Si2Ti. The fraction of sp³-hybridized carbons (Fsp3) is 0.615. The minimum atomic E-state index is -1.98. The molecule has 2 atom stereocenters. The predicted octanol–water partition coefficient (Wildman–Crippen LogP) is 7.72. The zero-order valence-electron chi connectivity index (χ0n) is 21.7. The summed E-state index contributed by atoms with van der Waals surface area (Å²) in [4.78, 5) is 0. The summed E-state index contributed by atoms with van der Waals surface area (Å²) in [7, 11) is -3.36. The van der Waals surface area contributed by atoms with Crippen LogP contribution in [0.25, 0.3) is 0 Å². The first-order chi connectivity index (χ1) is 12.9. The van der Waals surface area contributed by atoms with Gasteiger partial charge in [0.25, 0.3) is 0 Å². The Hall–Kier alpha value is -0.152. The monoisotopic (exact) mass is 461 g/mol. The molecule has 2 unspecified atom stereocenters. The molecule has 29 heavy (non-hydrogen) atoms. The van der Waals surface area contributed by atoms with E-state index in [1.807, 2.05) is 3.88 Å². The van der Waals surface area contributed by atoms with Crippen LogP contribution in [-0.2, 0) is 17.9 Å². The average molecular weight is 462 g/mol. The van der Waals surface area contributed by atoms with Crippen LogP contribution in [0.3, 0.4) is 0 Å². The Morgan fingerprint density at radius 3 is 1.69 bits per heavy atom. The first kappa shape index (κ1) is 25.1. The molecule has 0 fully saturated rings. The topological polar surface area (TPSA) is 0 Å². The van der Waals surface area contributed by atoms with Gasteiger partial charge in [-0.15, -0.1) is 0 Å². The SMILES string of the molecule is CC1=C(C)C(C)([Si](C)(c2cc(C)cc([Si](C)(C)C)c2)C(C)(C)C)[C]([Ti]([CH3])[CH3])=C1C. The van der Waals surface area contributed by atoms with E-state index in [2.05, 4.69) is 110 Å². The summed E-state index contributed by atoms with van der Waals surface area (Å²) in [6.07, 6.45) is 0. The maximum atomic E-state index is 2.71. The Bertz CT molecular complexity index is 877. The Morgan fingerprint density at radius 2 is 1.28 bits per heavy atom. The molecule has 2 rings (SSSR count). The van der Waals surface area contributed by atoms with Crippen LogP contribution in [0.5, 0.6) is 0 Å². The van der Waals surface area contributed by atoms with E-state index < -0.39 is 34.0 Å². The second kappa shape index (κ2) is 7.76. The van der Waals surface area contributed by atoms with Gasteiger partial charge in [-0.3, -0.25) is 0 Å². The van der Waals surface area contributed by atoms with Gasteiger partial charge in [0.2, 0.25) is 0 Å². The van der Waals surface area contributed by atoms with Crippen molar-refractivity contribution in [1.29, 1.82) is 0 Å². The van der Waals surface area contributed by atoms with Gasteiger partial charge < -0.3 is 0 Å². The van der Waals surface area contributed by atoms with Gasteiger partial charge in [0.05, 0.1) is 0 Å². The fourth-order valence-corrected chi connectivity index (χ4v) is 18.3. The van der Waals surface area contributed by atoms with E-state index in [0.717, 1.165) is 0 Å². The molecule has 0 aliphatic heterocycles. The molecule has 0 saturated heterocycles. The number of hydrogen-bond donors (Lipinski definition) is 0. The molecule has 0 amide bonds. The Morgan fingerprint density at radius 1 is 0.793 bits per heavy atom. The standard InChI is InChI=1S/C24H39Si2.2CH3.Ti/c1-17-13-21(25(9,10)11)15-22(14-17)26(12,23(5,6)7)24(8)16-18(2)19(3)20(24)4;;;/h13-15H,1-12H3;2*1H3;. The van der Waals surface area contributed by atoms with Crippen molar-refractivity contribution >= 4 is 26.5 Å². The summed E-state index contributed by atoms with van der Waals surface area (Å²) in [5.41, 5.74) is 6.33. The molecule has 0 aromatic heterocycles. The Balaban J connectivity index is 2.99. The van der Waals surface area contributed by atoms with Crippen molar-refractivity contribution in [3.63, 3.8) is 0 Å². The third kappa shape index (κ3) is 3.81. The number of allylic oxidation sites excluding steroid dienone is 4. The van der Waals surface area contributed by atoms with Crippen LogP contribution in [0.4, 0.5) is 0 Å². The number of rotatable bonds is 4. The van der Waals surface area contributed by atoms with Crippen LogP contribution < -0.4 is 10.4 Å². The van der Waals surface area contributed by atoms with E-state index in [-0.39, 0.29) is 10.1 Å². The molecule has 161 valence electrons. The average Bonchev–Trinajstić information content (AvgIpc) is 2.73. The zero-order valence-corrected chi connectivity index (χ0v) is 25.3. The number of hydrogen-bond acceptors (Lipinski definition) is 0. The van der Waals surface area contributed by atoms with Gasteiger partial charge in [0.1, 0.15) is 0 Å². The van der Waals surface area contributed by atoms with Crippen LogP contribution in [0.15, 0.2) is 38.8 Å². The summed E-state index contributed by atoms with van der Waals surface area (Å²) < 4.78 is 1.87. The fourth-order valence-electron chi connectivity index (χ4n) is 5.88. The predicted molar refractivity (Wildman–Crippen MR) is 136 cm³/mol. The first-order valence-corrected chi connectivity index (χ1v) is 21.1. The van der Waals surface area contributed by atoms with Crippen LogP contribution in [0.1, 0.15) is 54.0 Å². The van der Waals surface area contributed by atoms with Crippen LogP contribution >= 0.6 is 0 Å². The Kier molecular flexibility index (Phi) is 6.72. The molecule has 0 N–H and O–H groups in total. The molecule has 3 heteroatoms. The number of aryl methyl sites for hydroxylation is 1. The summed E-state index contributed by atoms with van der Waals surface area (Å²) in [6.45, 7) is 30.0. The zero-order chi connectivity index (χ0) is 22.7. The van der Waals surface area contributed by atoms with E-state index in [1.54, 1.807) is 27.1 Å². The molecule has 1 aromatic carbocycles. The third-order valence-electron chi connectivity index (χ3n) is 8.27. The van der Waals surface area contributed by atoms with Crippen molar-refractivity contribution in [2.75, 3.05) is 0 Å². The molecule has 1 aliphatic rings. The van der Waals surface area contributed by atoms with Crippen molar-refractivity contribution in [1.82, 2.24) is 0 Å². The van der Waals surface area contributed by atoms with E-state index in [4.69, 9.17) is 0 Å². The van der Waals surface area contributed by atoms with Gasteiger partial charge in [-0.25, -0.2) is 0 Å². The van der Waals surface area contributed by atoms with Crippen LogP contribution in [0, 0.1) is 6.92 Å². The van der Waals surface area contributed by atoms with Gasteiger partial charge in [0.15, 0.2) is 0 Å². The van der Waals surface area contributed by atoms with Gasteiger partial charge >= 0.3 is 191 Å². The molecule has 0 spiro atoms. The van der Waals surface area contributed by atoms with Crippen molar-refractivity contribution in [2.24, 2.45) is 0 Å². The molecule has 0 bridgehead atoms. The van der Waals surface area contributed by atoms with Crippen LogP contribution in [-0.4, -0.2) is 16.1 Å². The summed E-state index contributed by atoms with van der Waals surface area (Å²) in [6, 6.07) is 7.69. The van der Waals surface area contributed by atoms with Crippen molar-refractivity contribution in [3.05, 3.63) is 44.4 Å². The molecule has 1 aromatic rings. The van der Waals surface area contributed by atoms with Gasteiger partial charge in [0, 0.05) is 0 Å². The van der Waals surface area contributed by atoms with E-state index >= 15 is 0 Å². The van der Waals surface area contributed by atoms with E-state index in [1.165, 1.54) is 5.56 Å². The molecular weight excluding hydrogens is 416 g/mol. The molecule has 0 heterocycles.